The number of carbonyl (C=O) groups is 1. The smallest absolute Gasteiger partial charge is 0.187 e. The number of hydrogen-bond donors (Lipinski definition) is 0. The van der Waals surface area contributed by atoms with E-state index in [0.29, 0.717) is 16.5 Å². The van der Waals surface area contributed by atoms with Gasteiger partial charge in [-0.3, -0.25) is 9.69 Å². The Morgan fingerprint density at radius 1 is 1.21 bits per heavy atom. The summed E-state index contributed by atoms with van der Waals surface area (Å²) < 4.78 is 15.3. The lowest BCUT2D eigenvalue weighted by Crippen LogP contribution is -2.32. The number of piperidine rings is 1. The van der Waals surface area contributed by atoms with Gasteiger partial charge in [0, 0.05) is 41.3 Å². The number of benzene rings is 2. The predicted octanol–water partition coefficient (Wildman–Crippen LogP) is 5.62. The largest absolute Gasteiger partial charge is 0.350 e. The van der Waals surface area contributed by atoms with E-state index >= 15 is 0 Å². The van der Waals surface area contributed by atoms with Crippen LogP contribution >= 0.6 is 11.6 Å². The third kappa shape index (κ3) is 4.60. The van der Waals surface area contributed by atoms with Crippen molar-refractivity contribution in [3.05, 3.63) is 82.8 Å². The zero-order chi connectivity index (χ0) is 20.4. The average Bonchev–Trinajstić information content (AvgIpc) is 3.03. The molecule has 0 atom stereocenters. The van der Waals surface area contributed by atoms with Gasteiger partial charge in [0.05, 0.1) is 0 Å². The van der Waals surface area contributed by atoms with E-state index in [9.17, 15) is 9.18 Å². The summed E-state index contributed by atoms with van der Waals surface area (Å²) in [4.78, 5) is 15.1. The minimum Gasteiger partial charge on any atom is -0.350 e. The van der Waals surface area contributed by atoms with E-state index in [2.05, 4.69) is 4.90 Å². The molecule has 1 aliphatic rings. The lowest BCUT2D eigenvalue weighted by atomic mass is 9.95. The van der Waals surface area contributed by atoms with E-state index in [-0.39, 0.29) is 11.6 Å². The van der Waals surface area contributed by atoms with Crippen molar-refractivity contribution in [2.45, 2.75) is 19.4 Å². The minimum absolute atomic E-state index is 0.0139. The van der Waals surface area contributed by atoms with Crippen LogP contribution in [-0.2, 0) is 13.6 Å². The fraction of sp³-hybridized carbons (Fsp3) is 0.292. The molecular weight excluding hydrogens is 387 g/mol. The molecule has 0 bridgehead atoms. The lowest BCUT2D eigenvalue weighted by Gasteiger charge is -2.30. The average molecular weight is 411 g/mol. The third-order valence-corrected chi connectivity index (χ3v) is 5.90. The molecule has 1 aliphatic heterocycles. The Morgan fingerprint density at radius 3 is 2.76 bits per heavy atom. The zero-order valence-corrected chi connectivity index (χ0v) is 17.2. The Balaban J connectivity index is 1.37. The summed E-state index contributed by atoms with van der Waals surface area (Å²) in [6.45, 7) is 2.66. The zero-order valence-electron chi connectivity index (χ0n) is 16.4. The van der Waals surface area contributed by atoms with Crippen LogP contribution < -0.4 is 0 Å². The summed E-state index contributed by atoms with van der Waals surface area (Å²) in [5, 5.41) is 1.52. The van der Waals surface area contributed by atoms with Gasteiger partial charge in [-0.05, 0) is 73.8 Å². The highest BCUT2D eigenvalue weighted by Crippen LogP contribution is 2.26. The summed E-state index contributed by atoms with van der Waals surface area (Å²) in [6.07, 6.45) is 7.63. The van der Waals surface area contributed by atoms with Crippen molar-refractivity contribution < 1.29 is 9.18 Å². The molecule has 0 spiro atoms. The summed E-state index contributed by atoms with van der Waals surface area (Å²) in [7, 11) is 1.94. The van der Waals surface area contributed by atoms with Crippen molar-refractivity contribution in [3.63, 3.8) is 0 Å². The highest BCUT2D eigenvalue weighted by molar-refractivity contribution is 6.31. The molecule has 5 heteroatoms. The number of nitrogens with zero attached hydrogens (tertiary/aromatic N) is 2. The number of aromatic nitrogens is 1. The number of hydrogen-bond acceptors (Lipinski definition) is 2. The normalized spacial score (nSPS) is 16.1. The van der Waals surface area contributed by atoms with Crippen LogP contribution in [0.1, 0.15) is 28.8 Å². The van der Waals surface area contributed by atoms with Gasteiger partial charge in [0.15, 0.2) is 5.78 Å². The van der Waals surface area contributed by atoms with E-state index in [0.717, 1.165) is 48.9 Å². The van der Waals surface area contributed by atoms with E-state index in [1.54, 1.807) is 18.2 Å². The monoisotopic (exact) mass is 410 g/mol. The van der Waals surface area contributed by atoms with Crippen LogP contribution in [0.25, 0.3) is 10.9 Å². The number of fused-ring (bicyclic) bond motifs is 1. The SMILES string of the molecule is Cn1cc(C(=O)/C=C/C2CCN(Cc3cccc(F)c3)CC2)c2cc(Cl)ccc21. The lowest BCUT2D eigenvalue weighted by molar-refractivity contribution is 0.104. The molecule has 0 N–H and O–H groups in total. The first-order chi connectivity index (χ1) is 14.0. The maximum atomic E-state index is 13.4. The molecule has 3 nitrogen and oxygen atoms in total. The summed E-state index contributed by atoms with van der Waals surface area (Å²) >= 11 is 6.12. The van der Waals surface area contributed by atoms with E-state index < -0.39 is 0 Å². The van der Waals surface area contributed by atoms with Crippen molar-refractivity contribution in [1.29, 1.82) is 0 Å². The molecule has 29 heavy (non-hydrogen) atoms. The first-order valence-corrected chi connectivity index (χ1v) is 10.3. The number of halogens is 2. The second-order valence-electron chi connectivity index (χ2n) is 7.78. The number of likely N-dealkylation sites (tertiary alicyclic amines) is 1. The van der Waals surface area contributed by atoms with Gasteiger partial charge in [-0.15, -0.1) is 0 Å². The standard InChI is InChI=1S/C24H24ClFN2O/c1-27-16-22(21-14-19(25)6-7-23(21)27)24(29)8-5-17-9-11-28(12-10-17)15-18-3-2-4-20(26)13-18/h2-8,13-14,16-17H,9-12,15H2,1H3/b8-5+. The molecule has 0 amide bonds. The molecule has 2 aromatic carbocycles. The minimum atomic E-state index is -0.187. The van der Waals surface area contributed by atoms with Crippen LogP contribution in [0.15, 0.2) is 60.8 Å². The molecule has 0 saturated carbocycles. The Labute approximate surface area is 175 Å². The maximum absolute atomic E-state index is 13.4. The molecule has 1 saturated heterocycles. The quantitative estimate of drug-likeness (QED) is 0.402. The molecule has 3 aromatic rings. The number of allylic oxidation sites excluding steroid dienone is 2. The second-order valence-corrected chi connectivity index (χ2v) is 8.22. The van der Waals surface area contributed by atoms with Gasteiger partial charge in [-0.2, -0.15) is 0 Å². The van der Waals surface area contributed by atoms with Gasteiger partial charge in [0.25, 0.3) is 0 Å². The molecule has 0 unspecified atom stereocenters. The maximum Gasteiger partial charge on any atom is 0.187 e. The van der Waals surface area contributed by atoms with Crippen LogP contribution in [0.3, 0.4) is 0 Å². The van der Waals surface area contributed by atoms with E-state index in [1.165, 1.54) is 6.07 Å². The Hall–Kier alpha value is -2.43. The van der Waals surface area contributed by atoms with Gasteiger partial charge in [-0.25, -0.2) is 4.39 Å². The first-order valence-electron chi connectivity index (χ1n) is 9.93. The van der Waals surface area contributed by atoms with Gasteiger partial charge in [-0.1, -0.05) is 29.8 Å². The first kappa shape index (κ1) is 19.9. The highest BCUT2D eigenvalue weighted by Gasteiger charge is 2.18. The molecule has 4 rings (SSSR count). The molecular formula is C24H24ClFN2O. The van der Waals surface area contributed by atoms with Crippen molar-refractivity contribution in [2.75, 3.05) is 13.1 Å². The van der Waals surface area contributed by atoms with Gasteiger partial charge >= 0.3 is 0 Å². The number of ketones is 1. The van der Waals surface area contributed by atoms with Crippen LogP contribution in [0.2, 0.25) is 5.02 Å². The molecule has 150 valence electrons. The van der Waals surface area contributed by atoms with Gasteiger partial charge in [0.1, 0.15) is 5.82 Å². The van der Waals surface area contributed by atoms with E-state index in [4.69, 9.17) is 11.6 Å². The molecule has 2 heterocycles. The summed E-state index contributed by atoms with van der Waals surface area (Å²) in [5.41, 5.74) is 2.69. The number of rotatable bonds is 5. The number of carbonyl (C=O) groups excluding carboxylic acids is 1. The predicted molar refractivity (Wildman–Crippen MR) is 116 cm³/mol. The molecule has 1 aromatic heterocycles. The second kappa shape index (κ2) is 8.52. The molecule has 0 radical (unpaired) electrons. The van der Waals surface area contributed by atoms with Crippen molar-refractivity contribution in [3.8, 4) is 0 Å². The van der Waals surface area contributed by atoms with Gasteiger partial charge < -0.3 is 4.57 Å². The topological polar surface area (TPSA) is 25.2 Å². The Morgan fingerprint density at radius 2 is 2.00 bits per heavy atom. The van der Waals surface area contributed by atoms with Crippen molar-refractivity contribution in [1.82, 2.24) is 9.47 Å². The van der Waals surface area contributed by atoms with Crippen molar-refractivity contribution >= 4 is 28.3 Å². The molecule has 0 aliphatic carbocycles. The van der Waals surface area contributed by atoms with Crippen LogP contribution in [0.4, 0.5) is 4.39 Å². The van der Waals surface area contributed by atoms with Crippen LogP contribution in [0.5, 0.6) is 0 Å². The Bertz CT molecular complexity index is 1060. The third-order valence-electron chi connectivity index (χ3n) is 5.66. The number of aryl methyl sites for hydroxylation is 1. The van der Waals surface area contributed by atoms with Gasteiger partial charge in [0.2, 0.25) is 0 Å². The van der Waals surface area contributed by atoms with Crippen LogP contribution in [0, 0.1) is 11.7 Å². The van der Waals surface area contributed by atoms with Crippen molar-refractivity contribution in [2.24, 2.45) is 13.0 Å². The fourth-order valence-electron chi connectivity index (χ4n) is 4.07. The van der Waals surface area contributed by atoms with Crippen LogP contribution in [-0.4, -0.2) is 28.3 Å². The Kier molecular flexibility index (Phi) is 5.84. The molecule has 1 fully saturated rings. The summed E-state index contributed by atoms with van der Waals surface area (Å²) in [6, 6.07) is 12.4. The fourth-order valence-corrected chi connectivity index (χ4v) is 4.24. The van der Waals surface area contributed by atoms with E-state index in [1.807, 2.05) is 48.2 Å². The summed E-state index contributed by atoms with van der Waals surface area (Å²) in [5.74, 6) is 0.217. The highest BCUT2D eigenvalue weighted by atomic mass is 35.5.